The molecule has 0 aliphatic carbocycles. The van der Waals surface area contributed by atoms with Gasteiger partial charge in [-0.05, 0) is 6.92 Å². The van der Waals surface area contributed by atoms with Crippen molar-refractivity contribution in [1.29, 1.82) is 10.8 Å². The summed E-state index contributed by atoms with van der Waals surface area (Å²) in [5.41, 5.74) is 0.844. The number of allylic oxidation sites excluding steroid dienone is 5. The number of hydrogen-bond acceptors (Lipinski definition) is 2. The second-order valence-corrected chi connectivity index (χ2v) is 1.91. The van der Waals surface area contributed by atoms with Gasteiger partial charge in [0.15, 0.2) is 0 Å². The van der Waals surface area contributed by atoms with E-state index in [0.29, 0.717) is 5.57 Å². The summed E-state index contributed by atoms with van der Waals surface area (Å²) in [6, 6.07) is 0. The molecule has 0 fully saturated rings. The van der Waals surface area contributed by atoms with Crippen molar-refractivity contribution in [3.05, 3.63) is 36.5 Å². The highest BCUT2D eigenvalue weighted by Gasteiger charge is 1.93. The molecule has 11 heavy (non-hydrogen) atoms. The summed E-state index contributed by atoms with van der Waals surface area (Å²) in [7, 11) is 0. The van der Waals surface area contributed by atoms with Crippen LogP contribution in [0.3, 0.4) is 0 Å². The first-order valence-electron chi connectivity index (χ1n) is 3.31. The van der Waals surface area contributed by atoms with Crippen molar-refractivity contribution in [3.8, 4) is 0 Å². The van der Waals surface area contributed by atoms with E-state index in [2.05, 4.69) is 6.58 Å². The molecule has 0 heterocycles. The minimum Gasteiger partial charge on any atom is -0.307 e. The third-order valence-corrected chi connectivity index (χ3v) is 1.14. The Kier molecular flexibility index (Phi) is 4.65. The van der Waals surface area contributed by atoms with Crippen LogP contribution in [0.5, 0.6) is 0 Å². The molecule has 2 N–H and O–H groups in total. The zero-order valence-electron chi connectivity index (χ0n) is 6.59. The van der Waals surface area contributed by atoms with Crippen molar-refractivity contribution in [1.82, 2.24) is 0 Å². The summed E-state index contributed by atoms with van der Waals surface area (Å²) in [4.78, 5) is 0. The van der Waals surface area contributed by atoms with Gasteiger partial charge in [0.05, 0.1) is 5.71 Å². The molecule has 0 saturated carbocycles. The van der Waals surface area contributed by atoms with Crippen LogP contribution in [0, 0.1) is 10.8 Å². The van der Waals surface area contributed by atoms with Crippen LogP contribution in [0.1, 0.15) is 6.92 Å². The predicted octanol–water partition coefficient (Wildman–Crippen LogP) is 2.34. The van der Waals surface area contributed by atoms with Crippen molar-refractivity contribution in [3.63, 3.8) is 0 Å². The van der Waals surface area contributed by atoms with Crippen molar-refractivity contribution >= 4 is 11.9 Å². The van der Waals surface area contributed by atoms with Gasteiger partial charge in [0.1, 0.15) is 0 Å². The fraction of sp³-hybridized carbons (Fsp3) is 0.111. The monoisotopic (exact) mass is 148 g/mol. The molecule has 0 amide bonds. The second kappa shape index (κ2) is 5.35. The maximum atomic E-state index is 7.26. The summed E-state index contributed by atoms with van der Waals surface area (Å²) in [6.45, 7) is 5.43. The van der Waals surface area contributed by atoms with Gasteiger partial charge in [-0.25, -0.2) is 0 Å². The molecule has 58 valence electrons. The van der Waals surface area contributed by atoms with Gasteiger partial charge in [0.2, 0.25) is 0 Å². The molecule has 0 aromatic carbocycles. The molecule has 0 aromatic heterocycles. The fourth-order valence-corrected chi connectivity index (χ4v) is 0.551. The van der Waals surface area contributed by atoms with Crippen LogP contribution in [0.15, 0.2) is 36.5 Å². The summed E-state index contributed by atoms with van der Waals surface area (Å²) >= 11 is 0. The molecule has 0 bridgehead atoms. The third kappa shape index (κ3) is 3.30. The van der Waals surface area contributed by atoms with Crippen LogP contribution in [-0.2, 0) is 0 Å². The van der Waals surface area contributed by atoms with E-state index in [-0.39, 0.29) is 5.71 Å². The van der Waals surface area contributed by atoms with E-state index in [4.69, 9.17) is 10.8 Å². The fourth-order valence-electron chi connectivity index (χ4n) is 0.551. The largest absolute Gasteiger partial charge is 0.307 e. The maximum Gasteiger partial charge on any atom is 0.0787 e. The standard InChI is InChI=1S/C9H12N2/c1-3-5-6-8(4-2)9(11)7-10/h3-7,10-11H,2H2,1H3. The average Bonchev–Trinajstić information content (AvgIpc) is 2.05. The van der Waals surface area contributed by atoms with Crippen LogP contribution in [0.4, 0.5) is 0 Å². The second-order valence-electron chi connectivity index (χ2n) is 1.91. The molecule has 0 atom stereocenters. The molecular weight excluding hydrogens is 136 g/mol. The Balaban J connectivity index is 4.51. The molecule has 0 aliphatic heterocycles. The van der Waals surface area contributed by atoms with Crippen molar-refractivity contribution in [2.45, 2.75) is 6.92 Å². The van der Waals surface area contributed by atoms with Crippen molar-refractivity contribution < 1.29 is 0 Å². The Labute approximate surface area is 67.0 Å². The topological polar surface area (TPSA) is 47.7 Å². The van der Waals surface area contributed by atoms with Gasteiger partial charge in [-0.1, -0.05) is 30.9 Å². The molecule has 0 radical (unpaired) electrons. The van der Waals surface area contributed by atoms with Crippen LogP contribution in [0.2, 0.25) is 0 Å². The maximum absolute atomic E-state index is 7.26. The summed E-state index contributed by atoms with van der Waals surface area (Å²) in [5.74, 6) is 0. The minimum atomic E-state index is 0.179. The average molecular weight is 148 g/mol. The number of rotatable bonds is 4. The Bertz CT molecular complexity index is 222. The molecule has 0 spiro atoms. The molecule has 0 aromatic rings. The van der Waals surface area contributed by atoms with Crippen LogP contribution in [0.25, 0.3) is 0 Å². The Morgan fingerprint density at radius 1 is 1.45 bits per heavy atom. The van der Waals surface area contributed by atoms with Gasteiger partial charge < -0.3 is 5.41 Å². The lowest BCUT2D eigenvalue weighted by Gasteiger charge is -1.93. The van der Waals surface area contributed by atoms with Gasteiger partial charge >= 0.3 is 0 Å². The third-order valence-electron chi connectivity index (χ3n) is 1.14. The highest BCUT2D eigenvalue weighted by molar-refractivity contribution is 6.36. The lowest BCUT2D eigenvalue weighted by Crippen LogP contribution is -1.98. The van der Waals surface area contributed by atoms with Crippen molar-refractivity contribution in [2.24, 2.45) is 0 Å². The first kappa shape index (κ1) is 9.56. The van der Waals surface area contributed by atoms with Crippen molar-refractivity contribution in [2.75, 3.05) is 0 Å². The molecular formula is C9H12N2. The van der Waals surface area contributed by atoms with Gasteiger partial charge in [-0.3, -0.25) is 5.41 Å². The lowest BCUT2D eigenvalue weighted by molar-refractivity contribution is 1.50. The van der Waals surface area contributed by atoms with E-state index in [1.807, 2.05) is 19.1 Å². The molecule has 2 heteroatoms. The molecule has 0 rings (SSSR count). The highest BCUT2D eigenvalue weighted by Crippen LogP contribution is 1.96. The normalized spacial score (nSPS) is 11.5. The van der Waals surface area contributed by atoms with E-state index < -0.39 is 0 Å². The highest BCUT2D eigenvalue weighted by atomic mass is 14.5. The van der Waals surface area contributed by atoms with Gasteiger partial charge in [0, 0.05) is 11.8 Å². The summed E-state index contributed by atoms with van der Waals surface area (Å²) < 4.78 is 0. The first-order valence-corrected chi connectivity index (χ1v) is 3.31. The van der Waals surface area contributed by atoms with Crippen LogP contribution in [-0.4, -0.2) is 11.9 Å². The SMILES string of the molecule is C=CC(=CC=CC)C(=N)C=N. The van der Waals surface area contributed by atoms with Crippen LogP contribution >= 0.6 is 0 Å². The quantitative estimate of drug-likeness (QED) is 0.454. The molecule has 0 unspecified atom stereocenters. The Morgan fingerprint density at radius 2 is 2.09 bits per heavy atom. The minimum absolute atomic E-state index is 0.179. The molecule has 2 nitrogen and oxygen atoms in total. The summed E-state index contributed by atoms with van der Waals surface area (Å²) in [6.07, 6.45) is 7.99. The first-order chi connectivity index (χ1) is 5.26. The van der Waals surface area contributed by atoms with Gasteiger partial charge in [-0.2, -0.15) is 0 Å². The van der Waals surface area contributed by atoms with E-state index in [0.717, 1.165) is 6.21 Å². The van der Waals surface area contributed by atoms with E-state index in [9.17, 15) is 0 Å². The smallest absolute Gasteiger partial charge is 0.0787 e. The molecule has 0 saturated heterocycles. The summed E-state index contributed by atoms with van der Waals surface area (Å²) in [5, 5.41) is 14.1. The zero-order chi connectivity index (χ0) is 8.69. The number of hydrogen-bond donors (Lipinski definition) is 2. The van der Waals surface area contributed by atoms with Gasteiger partial charge in [0.25, 0.3) is 0 Å². The lowest BCUT2D eigenvalue weighted by atomic mass is 10.1. The Hall–Kier alpha value is -1.44. The zero-order valence-corrected chi connectivity index (χ0v) is 6.59. The Morgan fingerprint density at radius 3 is 2.45 bits per heavy atom. The van der Waals surface area contributed by atoms with Gasteiger partial charge in [-0.15, -0.1) is 0 Å². The predicted molar refractivity (Wildman–Crippen MR) is 49.6 cm³/mol. The number of nitrogens with one attached hydrogen (secondary N) is 2. The van der Waals surface area contributed by atoms with E-state index >= 15 is 0 Å². The van der Waals surface area contributed by atoms with E-state index in [1.165, 1.54) is 0 Å². The van der Waals surface area contributed by atoms with E-state index in [1.54, 1.807) is 12.2 Å². The van der Waals surface area contributed by atoms with Crippen LogP contribution < -0.4 is 0 Å². The molecule has 0 aliphatic rings.